The molecule has 3 saturated heterocycles. The number of hydrogen-bond acceptors (Lipinski definition) is 4. The number of nitrogens with zero attached hydrogens (tertiary/aromatic N) is 1. The van der Waals surface area contributed by atoms with E-state index in [1.807, 2.05) is 0 Å². The number of fused-ring (bicyclic) bond motifs is 3. The number of piperidine rings is 3. The van der Waals surface area contributed by atoms with Crippen molar-refractivity contribution in [2.45, 2.75) is 43.8 Å². The summed E-state index contributed by atoms with van der Waals surface area (Å²) in [5.41, 5.74) is 0.0867. The molecule has 1 atom stereocenters. The van der Waals surface area contributed by atoms with E-state index >= 15 is 0 Å². The van der Waals surface area contributed by atoms with Gasteiger partial charge in [-0.3, -0.25) is 9.59 Å². The zero-order chi connectivity index (χ0) is 19.7. The van der Waals surface area contributed by atoms with Gasteiger partial charge in [0.2, 0.25) is 11.8 Å². The lowest BCUT2D eigenvalue weighted by molar-refractivity contribution is -0.128. The number of nitrogens with one attached hydrogen (secondary N) is 2. The van der Waals surface area contributed by atoms with Crippen LogP contribution in [0.2, 0.25) is 0 Å². The highest BCUT2D eigenvalue weighted by Crippen LogP contribution is 2.48. The molecule has 28 heavy (non-hydrogen) atoms. The fourth-order valence-corrected chi connectivity index (χ4v) is 4.44. The molecule has 8 heteroatoms. The maximum Gasteiger partial charge on any atom is 0.387 e. The minimum absolute atomic E-state index is 0.0453. The lowest BCUT2D eigenvalue weighted by Gasteiger charge is -2.44. The van der Waals surface area contributed by atoms with Crippen molar-refractivity contribution in [3.05, 3.63) is 29.8 Å². The molecule has 5 rings (SSSR count). The standard InChI is InChI=1S/C20H25F2N3O3/c21-19(22)28-15-3-1-14(2-4-15)20(7-8-20)18(27)23-11-17(26)24-16-12-25-9-5-13(16)6-10-25/h1-4,13,16,19H,5-12H2,(H,23,27)(H,24,26)/t16-/m1/s1. The van der Waals surface area contributed by atoms with Gasteiger partial charge in [0.1, 0.15) is 5.75 Å². The number of benzene rings is 1. The summed E-state index contributed by atoms with van der Waals surface area (Å²) in [4.78, 5) is 27.3. The maximum absolute atomic E-state index is 12.7. The number of amides is 2. The fourth-order valence-electron chi connectivity index (χ4n) is 4.44. The van der Waals surface area contributed by atoms with E-state index in [1.54, 1.807) is 12.1 Å². The van der Waals surface area contributed by atoms with E-state index < -0.39 is 12.0 Å². The summed E-state index contributed by atoms with van der Waals surface area (Å²) >= 11 is 0. The van der Waals surface area contributed by atoms with Crippen molar-refractivity contribution in [1.29, 1.82) is 0 Å². The van der Waals surface area contributed by atoms with Crippen LogP contribution in [-0.4, -0.2) is 55.5 Å². The SMILES string of the molecule is O=C(CNC(=O)C1(c2ccc(OC(F)F)cc2)CC1)N[C@@H]1CN2CCC1CC2. The molecule has 1 aliphatic carbocycles. The number of alkyl halides is 2. The van der Waals surface area contributed by atoms with Crippen LogP contribution < -0.4 is 15.4 Å². The van der Waals surface area contributed by atoms with Gasteiger partial charge < -0.3 is 20.3 Å². The van der Waals surface area contributed by atoms with E-state index in [9.17, 15) is 18.4 Å². The van der Waals surface area contributed by atoms with Gasteiger partial charge in [0.05, 0.1) is 12.0 Å². The van der Waals surface area contributed by atoms with Crippen molar-refractivity contribution in [2.75, 3.05) is 26.2 Å². The van der Waals surface area contributed by atoms with Gasteiger partial charge in [-0.1, -0.05) is 12.1 Å². The maximum atomic E-state index is 12.7. The van der Waals surface area contributed by atoms with Crippen molar-refractivity contribution < 1.29 is 23.1 Å². The van der Waals surface area contributed by atoms with Gasteiger partial charge in [0, 0.05) is 12.6 Å². The first-order valence-electron chi connectivity index (χ1n) is 9.82. The van der Waals surface area contributed by atoms with Crippen LogP contribution in [0.5, 0.6) is 5.75 Å². The summed E-state index contributed by atoms with van der Waals surface area (Å²) in [6.07, 6.45) is 3.59. The number of halogens is 2. The first-order chi connectivity index (χ1) is 13.5. The zero-order valence-corrected chi connectivity index (χ0v) is 15.6. The molecule has 0 spiro atoms. The lowest BCUT2D eigenvalue weighted by Crippen LogP contribution is -2.58. The van der Waals surface area contributed by atoms with Crippen LogP contribution in [0.3, 0.4) is 0 Å². The van der Waals surface area contributed by atoms with Crippen molar-refractivity contribution in [1.82, 2.24) is 15.5 Å². The van der Waals surface area contributed by atoms with Gasteiger partial charge in [-0.15, -0.1) is 0 Å². The van der Waals surface area contributed by atoms with Gasteiger partial charge in [-0.2, -0.15) is 8.78 Å². The third-order valence-electron chi connectivity index (χ3n) is 6.23. The average molecular weight is 393 g/mol. The quantitative estimate of drug-likeness (QED) is 0.739. The van der Waals surface area contributed by atoms with Gasteiger partial charge >= 0.3 is 6.61 Å². The molecule has 3 heterocycles. The summed E-state index contributed by atoms with van der Waals surface area (Å²) in [6.45, 7) is 0.186. The molecule has 0 aromatic heterocycles. The highest BCUT2D eigenvalue weighted by atomic mass is 19.3. The summed E-state index contributed by atoms with van der Waals surface area (Å²) in [7, 11) is 0. The Bertz CT molecular complexity index is 729. The van der Waals surface area contributed by atoms with Crippen molar-refractivity contribution in [3.8, 4) is 5.75 Å². The molecule has 0 radical (unpaired) electrons. The lowest BCUT2D eigenvalue weighted by atomic mass is 9.84. The largest absolute Gasteiger partial charge is 0.435 e. The monoisotopic (exact) mass is 393 g/mol. The number of carbonyl (C=O) groups excluding carboxylic acids is 2. The Morgan fingerprint density at radius 1 is 1.18 bits per heavy atom. The van der Waals surface area contributed by atoms with Crippen LogP contribution in [0.1, 0.15) is 31.2 Å². The molecule has 2 N–H and O–H groups in total. The predicted octanol–water partition coefficient (Wildman–Crippen LogP) is 1.65. The number of hydrogen-bond donors (Lipinski definition) is 2. The average Bonchev–Trinajstić information content (AvgIpc) is 3.49. The van der Waals surface area contributed by atoms with Crippen LogP contribution in [0, 0.1) is 5.92 Å². The Morgan fingerprint density at radius 3 is 2.39 bits per heavy atom. The Balaban J connectivity index is 1.29. The Hall–Kier alpha value is -2.22. The molecule has 0 unspecified atom stereocenters. The van der Waals surface area contributed by atoms with Crippen LogP contribution in [0.4, 0.5) is 8.78 Å². The van der Waals surface area contributed by atoms with E-state index in [1.165, 1.54) is 12.1 Å². The summed E-state index contributed by atoms with van der Waals surface area (Å²) in [5.74, 6) is 0.239. The third kappa shape index (κ3) is 3.97. The van der Waals surface area contributed by atoms with Gasteiger partial charge in [-0.05, 0) is 62.4 Å². The van der Waals surface area contributed by atoms with Crippen LogP contribution in [0.25, 0.3) is 0 Å². The van der Waals surface area contributed by atoms with Gasteiger partial charge in [0.15, 0.2) is 0 Å². The molecule has 2 amide bonds. The minimum atomic E-state index is -2.88. The van der Waals surface area contributed by atoms with E-state index in [4.69, 9.17) is 0 Å². The molecule has 4 fully saturated rings. The third-order valence-corrected chi connectivity index (χ3v) is 6.23. The second-order valence-electron chi connectivity index (χ2n) is 7.98. The van der Waals surface area contributed by atoms with Gasteiger partial charge in [0.25, 0.3) is 0 Å². The normalized spacial score (nSPS) is 27.3. The summed E-state index contributed by atoms with van der Waals surface area (Å²) < 4.78 is 28.9. The Kier molecular flexibility index (Phi) is 5.23. The smallest absolute Gasteiger partial charge is 0.387 e. The molecule has 3 aliphatic heterocycles. The second kappa shape index (κ2) is 7.66. The molecular weight excluding hydrogens is 368 g/mol. The molecule has 152 valence electrons. The minimum Gasteiger partial charge on any atom is -0.435 e. The number of carbonyl (C=O) groups is 2. The van der Waals surface area contributed by atoms with Crippen LogP contribution >= 0.6 is 0 Å². The van der Waals surface area contributed by atoms with Crippen LogP contribution in [-0.2, 0) is 15.0 Å². The molecule has 2 bridgehead atoms. The Labute approximate surface area is 162 Å². The van der Waals surface area contributed by atoms with E-state index in [-0.39, 0.29) is 30.2 Å². The van der Waals surface area contributed by atoms with Crippen molar-refractivity contribution in [3.63, 3.8) is 0 Å². The van der Waals surface area contributed by atoms with E-state index in [0.29, 0.717) is 18.8 Å². The molecule has 1 saturated carbocycles. The number of rotatable bonds is 7. The zero-order valence-electron chi connectivity index (χ0n) is 15.6. The van der Waals surface area contributed by atoms with Gasteiger partial charge in [-0.25, -0.2) is 0 Å². The Morgan fingerprint density at radius 2 is 1.86 bits per heavy atom. The number of ether oxygens (including phenoxy) is 1. The molecule has 1 aromatic rings. The highest BCUT2D eigenvalue weighted by Gasteiger charge is 2.51. The summed E-state index contributed by atoms with van der Waals surface area (Å²) in [5, 5.41) is 5.81. The van der Waals surface area contributed by atoms with Crippen LogP contribution in [0.15, 0.2) is 24.3 Å². The highest BCUT2D eigenvalue weighted by molar-refractivity contribution is 5.94. The molecule has 6 nitrogen and oxygen atoms in total. The predicted molar refractivity (Wildman–Crippen MR) is 98.1 cm³/mol. The van der Waals surface area contributed by atoms with E-state index in [0.717, 1.165) is 38.0 Å². The van der Waals surface area contributed by atoms with Crippen molar-refractivity contribution >= 4 is 11.8 Å². The first-order valence-corrected chi connectivity index (χ1v) is 9.82. The van der Waals surface area contributed by atoms with E-state index in [2.05, 4.69) is 20.3 Å². The van der Waals surface area contributed by atoms with Crippen molar-refractivity contribution in [2.24, 2.45) is 5.92 Å². The molecule has 1 aromatic carbocycles. The molecular formula is C20H25F2N3O3. The molecule has 4 aliphatic rings. The second-order valence-corrected chi connectivity index (χ2v) is 7.98. The summed E-state index contributed by atoms with van der Waals surface area (Å²) in [6, 6.07) is 6.32. The fraction of sp³-hybridized carbons (Fsp3) is 0.600. The first kappa shape index (κ1) is 19.1. The topological polar surface area (TPSA) is 70.7 Å².